The number of fused-ring (bicyclic) bond motifs is 2. The van der Waals surface area contributed by atoms with Gasteiger partial charge in [-0.2, -0.15) is 0 Å². The van der Waals surface area contributed by atoms with Crippen LogP contribution in [0.4, 0.5) is 17.1 Å². The van der Waals surface area contributed by atoms with Crippen LogP contribution in [0.1, 0.15) is 86.2 Å². The van der Waals surface area contributed by atoms with Crippen LogP contribution in [-0.4, -0.2) is 289 Å². The lowest BCUT2D eigenvalue weighted by molar-refractivity contribution is -0.147. The molecule has 34 heteroatoms. The number of unbranched alkanes of at least 4 members (excludes halogenated alkanes) is 1. The Kier molecular flexibility index (Phi) is 28.8. The summed E-state index contributed by atoms with van der Waals surface area (Å²) in [5.41, 5.74) is 4.40. The topological polar surface area (TPSA) is 478 Å². The fourth-order valence-corrected chi connectivity index (χ4v) is 14.3. The largest absolute Gasteiger partial charge is 0.504 e. The van der Waals surface area contributed by atoms with Crippen LogP contribution in [0, 0.1) is 5.92 Å². The second kappa shape index (κ2) is 37.4. The van der Waals surface area contributed by atoms with Crippen LogP contribution >= 0.6 is 11.2 Å². The first-order valence-electron chi connectivity index (χ1n) is 35.5. The molecule has 5 heterocycles. The summed E-state index contributed by atoms with van der Waals surface area (Å²) in [6.45, 7) is 5.54. The van der Waals surface area contributed by atoms with Crippen LogP contribution in [0.25, 0.3) is 0 Å². The fraction of sp³-hybridized carbons (Fsp3) is 0.563. The van der Waals surface area contributed by atoms with Crippen LogP contribution in [-0.2, 0) is 39.9 Å². The molecule has 0 aromatic heterocycles. The van der Waals surface area contributed by atoms with Gasteiger partial charge in [0, 0.05) is 120 Å². The number of piperazine rings is 1. The van der Waals surface area contributed by atoms with Crippen molar-refractivity contribution < 1.29 is 107 Å². The maximum atomic E-state index is 15.0. The Labute approximate surface area is 610 Å². The van der Waals surface area contributed by atoms with E-state index < -0.39 is 201 Å². The number of hydrogen-bond acceptors (Lipinski definition) is 26. The molecule has 578 valence electrons. The number of methoxy groups -OCH3 is 1. The van der Waals surface area contributed by atoms with Crippen molar-refractivity contribution in [3.8, 4) is 17.2 Å². The molecule has 5 aliphatic heterocycles. The average Bonchev–Trinajstić information content (AvgIpc) is 1.68. The number of phenolic OH excluding ortho intramolecular Hbond substituents is 1. The number of carbonyl (C=O) groups excluding carboxylic acids is 7. The van der Waals surface area contributed by atoms with Crippen LogP contribution in [0.2, 0.25) is 0 Å². The fourth-order valence-electron chi connectivity index (χ4n) is 13.9. The molecular formula is C71H101N11O22S. The third-order valence-electron chi connectivity index (χ3n) is 19.9. The van der Waals surface area contributed by atoms with E-state index in [0.29, 0.717) is 38.7 Å². The monoisotopic (exact) mass is 1490 g/mol. The Bertz CT molecular complexity index is 3550. The summed E-state index contributed by atoms with van der Waals surface area (Å²) < 4.78 is 44.5. The molecule has 4 aromatic rings. The minimum absolute atomic E-state index is 0.0592. The van der Waals surface area contributed by atoms with Crippen molar-refractivity contribution in [2.45, 2.75) is 150 Å². The van der Waals surface area contributed by atoms with Crippen molar-refractivity contribution in [1.82, 2.24) is 41.7 Å². The highest BCUT2D eigenvalue weighted by Crippen LogP contribution is 2.41. The minimum Gasteiger partial charge on any atom is -0.504 e. The molecular weight excluding hydrogens is 1390 g/mol. The van der Waals surface area contributed by atoms with Crippen molar-refractivity contribution in [3.05, 3.63) is 108 Å². The summed E-state index contributed by atoms with van der Waals surface area (Å²) in [4.78, 5) is 111. The molecule has 5 saturated heterocycles. The number of anilines is 3. The van der Waals surface area contributed by atoms with Crippen LogP contribution in [0.3, 0.4) is 0 Å². The number of carbonyl (C=O) groups is 7. The highest BCUT2D eigenvalue weighted by Gasteiger charge is 2.50. The number of ether oxygens (including phenoxy) is 2. The van der Waals surface area contributed by atoms with Crippen molar-refractivity contribution in [1.29, 1.82) is 0 Å². The summed E-state index contributed by atoms with van der Waals surface area (Å²) in [5, 5.41) is 114. The molecule has 4 aromatic carbocycles. The van der Waals surface area contributed by atoms with E-state index in [-0.39, 0.29) is 24.2 Å². The Hall–Kier alpha value is -8.20. The third-order valence-corrected chi connectivity index (χ3v) is 20.3. The summed E-state index contributed by atoms with van der Waals surface area (Å²) in [7, 11) is 1.70. The third kappa shape index (κ3) is 21.5. The zero-order valence-corrected chi connectivity index (χ0v) is 59.8. The molecule has 0 aliphatic carbocycles. The maximum absolute atomic E-state index is 15.0. The zero-order valence-electron chi connectivity index (χ0n) is 59.0. The lowest BCUT2D eigenvalue weighted by Crippen LogP contribution is -2.64. The zero-order chi connectivity index (χ0) is 75.8. The van der Waals surface area contributed by atoms with E-state index in [1.165, 1.54) is 24.2 Å². The minimum atomic E-state index is -4.74. The van der Waals surface area contributed by atoms with Gasteiger partial charge in [-0.3, -0.25) is 47.2 Å². The molecule has 0 unspecified atom stereocenters. The van der Waals surface area contributed by atoms with Gasteiger partial charge in [-0.1, -0.05) is 25.1 Å². The molecule has 9 rings (SSSR count). The van der Waals surface area contributed by atoms with Gasteiger partial charge in [0.1, 0.15) is 42.0 Å². The van der Waals surface area contributed by atoms with E-state index in [1.54, 1.807) is 31.4 Å². The summed E-state index contributed by atoms with van der Waals surface area (Å²) in [6, 6.07) is 14.3. The number of aliphatic hydroxyl groups excluding tert-OH is 8. The first kappa shape index (κ1) is 80.9. The average molecular weight is 1490 g/mol. The molecule has 33 nitrogen and oxygen atoms in total. The van der Waals surface area contributed by atoms with Gasteiger partial charge >= 0.3 is 0 Å². The molecule has 13 atom stereocenters. The normalized spacial score (nSPS) is 25.5. The van der Waals surface area contributed by atoms with E-state index in [1.807, 2.05) is 0 Å². The summed E-state index contributed by atoms with van der Waals surface area (Å²) in [5.74, 6) is -9.01. The van der Waals surface area contributed by atoms with Gasteiger partial charge in [0.05, 0.1) is 62.5 Å². The molecule has 0 bridgehead atoms. The molecule has 0 spiro atoms. The van der Waals surface area contributed by atoms with Gasteiger partial charge in [0.2, 0.25) is 35.4 Å². The number of hydrogen-bond donors (Lipinski definition) is 18. The van der Waals surface area contributed by atoms with Gasteiger partial charge in [-0.25, -0.2) is 0 Å². The molecule has 7 amide bonds. The van der Waals surface area contributed by atoms with Gasteiger partial charge in [0.25, 0.3) is 17.1 Å². The Morgan fingerprint density at radius 3 is 1.84 bits per heavy atom. The quantitative estimate of drug-likeness (QED) is 0.0343. The molecule has 0 radical (unpaired) electrons. The number of aromatic hydroxyl groups is 1. The summed E-state index contributed by atoms with van der Waals surface area (Å²) >= 11 is -4.74. The number of nitrogens with one attached hydrogen (secondary N) is 6. The Morgan fingerprint density at radius 2 is 1.24 bits per heavy atom. The van der Waals surface area contributed by atoms with Crippen LogP contribution < -0.4 is 55.5 Å². The first-order chi connectivity index (χ1) is 50.1. The molecule has 105 heavy (non-hydrogen) atoms. The number of aliphatic hydroxyl groups is 8. The SMILES string of the molecule is COCCCCOc1ccc(C2CCN(c3ccc(N4CCN(c5ccc(C(=O)N[C@H]6C[C@@H](O)CNC(=O)[C@@H]7[C@@H](O)[C@@H](C)CN7C(=O)[C@H]([C@H](O)CCNC(CO)CO)NC(=O)[C@H]([C@H](O)Cc7ccc(O)c(OS(O)(O)O)c7)NC(=O)[C@@H]7C[C@@H](O)CN7C(=O)[C@H]([C@@H](C)O)NC6=O)cc5)CC4)cc3)CC2)cc1. The van der Waals surface area contributed by atoms with E-state index in [4.69, 9.17) is 9.47 Å². The predicted octanol–water partition coefficient (Wildman–Crippen LogP) is -1.29. The van der Waals surface area contributed by atoms with E-state index in [0.717, 1.165) is 91.4 Å². The summed E-state index contributed by atoms with van der Waals surface area (Å²) in [6.07, 6.45) is -9.00. The van der Waals surface area contributed by atoms with Crippen molar-refractivity contribution in [3.63, 3.8) is 0 Å². The number of amides is 7. The van der Waals surface area contributed by atoms with Gasteiger partial charge in [0.15, 0.2) is 11.5 Å². The van der Waals surface area contributed by atoms with Crippen LogP contribution in [0.15, 0.2) is 91.0 Å². The lowest BCUT2D eigenvalue weighted by Gasteiger charge is -2.38. The van der Waals surface area contributed by atoms with Gasteiger partial charge in [-0.15, -0.1) is 0 Å². The smallest absolute Gasteiger partial charge is 0.266 e. The highest BCUT2D eigenvalue weighted by molar-refractivity contribution is 8.15. The highest BCUT2D eigenvalue weighted by atomic mass is 32.3. The van der Waals surface area contributed by atoms with E-state index in [9.17, 15) is 88.4 Å². The number of nitrogens with zero attached hydrogens (tertiary/aromatic N) is 5. The standard InChI is InChI=1S/C71H101N11O22S/c1-41-37-82-63(64(41)91)69(96)73-36-51(86)34-54(74-65(92)46-7-11-48(12-8-46)79-26-28-80(29-27-79)50-15-13-49(14-16-50)78-24-21-45(22-25-78)44-9-17-53(18-10-44)103-31-5-4-30-102-3)66(93)75-60(42(2)85)70(97)81-38-52(87)35-55(81)67(94)76-61(58(90)32-43-6-19-56(88)59(33-43)104-105(99,100)101)68(95)77-62(71(82)98)57(89)20-23-72-47(39-83)40-84/h6-19,33,41-42,45,47,51-52,54-55,57-58,60-64,72,83-91,99-101H,4-5,20-32,34-40H2,1-3H3,(H,73,96)(H,74,92)(H,75,93)(H,76,94)(H,77,95)/t41-,42+,51+,52+,54-,55-,57+,58+,60-,61-,62-,63-,64-/m0/s1. The van der Waals surface area contributed by atoms with E-state index >= 15 is 4.79 Å². The van der Waals surface area contributed by atoms with Crippen molar-refractivity contribution >= 4 is 69.6 Å². The lowest BCUT2D eigenvalue weighted by atomic mass is 9.89. The van der Waals surface area contributed by atoms with Crippen molar-refractivity contribution in [2.75, 3.05) is 114 Å². The number of piperidine rings is 1. The Balaban J connectivity index is 0.904. The second-order valence-corrected chi connectivity index (χ2v) is 28.7. The molecule has 5 fully saturated rings. The van der Waals surface area contributed by atoms with Gasteiger partial charge < -0.3 is 116 Å². The first-order valence-corrected chi connectivity index (χ1v) is 36.9. The van der Waals surface area contributed by atoms with Gasteiger partial charge in [-0.05, 0) is 135 Å². The number of benzene rings is 4. The Morgan fingerprint density at radius 1 is 0.657 bits per heavy atom. The van der Waals surface area contributed by atoms with E-state index in [2.05, 4.69) is 99.3 Å². The number of β-amino-alcohol motifs (C(OH)–C–C–N with tert-alkyl or cyclic N) is 1. The maximum Gasteiger partial charge on any atom is 0.266 e. The van der Waals surface area contributed by atoms with Crippen LogP contribution in [0.5, 0.6) is 17.2 Å². The predicted molar refractivity (Wildman–Crippen MR) is 384 cm³/mol. The van der Waals surface area contributed by atoms with Crippen molar-refractivity contribution in [2.24, 2.45) is 5.92 Å². The molecule has 0 saturated carbocycles. The number of phenols is 1. The molecule has 18 N–H and O–H groups in total. The molecule has 5 aliphatic rings. The second-order valence-electron chi connectivity index (χ2n) is 27.6. The number of rotatable bonds is 25.